The zero-order valence-corrected chi connectivity index (χ0v) is 13.7. The van der Waals surface area contributed by atoms with Crippen LogP contribution in [0, 0.1) is 5.41 Å². The summed E-state index contributed by atoms with van der Waals surface area (Å²) in [5.74, 6) is 2.13. The van der Waals surface area contributed by atoms with Gasteiger partial charge in [-0.05, 0) is 56.4 Å². The van der Waals surface area contributed by atoms with Crippen LogP contribution in [0.25, 0.3) is 0 Å². The first-order valence-electron chi connectivity index (χ1n) is 7.86. The van der Waals surface area contributed by atoms with Gasteiger partial charge in [-0.1, -0.05) is 24.6 Å². The van der Waals surface area contributed by atoms with Crippen molar-refractivity contribution in [1.82, 2.24) is 0 Å². The summed E-state index contributed by atoms with van der Waals surface area (Å²) in [4.78, 5) is 4.77. The Morgan fingerprint density at radius 3 is 2.48 bits per heavy atom. The molecule has 1 spiro atoms. The van der Waals surface area contributed by atoms with E-state index in [1.165, 1.54) is 31.4 Å². The topological polar surface area (TPSA) is 33.6 Å². The van der Waals surface area contributed by atoms with Crippen molar-refractivity contribution in [2.75, 3.05) is 17.6 Å². The third-order valence-electron chi connectivity index (χ3n) is 4.21. The average molecular weight is 304 g/mol. The zero-order chi connectivity index (χ0) is 14.7. The Bertz CT molecular complexity index is 504. The van der Waals surface area contributed by atoms with Gasteiger partial charge in [-0.2, -0.15) is 0 Å². The summed E-state index contributed by atoms with van der Waals surface area (Å²) >= 11 is 1.88. The number of amidine groups is 1. The maximum atomic E-state index is 5.66. The Hall–Kier alpha value is -1.16. The third-order valence-corrected chi connectivity index (χ3v) is 5.48. The Balaban J connectivity index is 1.58. The van der Waals surface area contributed by atoms with Crippen molar-refractivity contribution in [3.63, 3.8) is 0 Å². The van der Waals surface area contributed by atoms with Crippen LogP contribution in [-0.4, -0.2) is 23.6 Å². The molecule has 1 aromatic rings. The second-order valence-corrected chi connectivity index (χ2v) is 7.40. The quantitative estimate of drug-likeness (QED) is 0.889. The van der Waals surface area contributed by atoms with E-state index in [-0.39, 0.29) is 6.10 Å². The van der Waals surface area contributed by atoms with Gasteiger partial charge >= 0.3 is 0 Å². The maximum Gasteiger partial charge on any atom is 0.161 e. The van der Waals surface area contributed by atoms with E-state index in [1.807, 2.05) is 37.7 Å². The van der Waals surface area contributed by atoms with Crippen LogP contribution in [0.15, 0.2) is 29.3 Å². The smallest absolute Gasteiger partial charge is 0.161 e. The van der Waals surface area contributed by atoms with Gasteiger partial charge in [-0.25, -0.2) is 0 Å². The first-order valence-corrected chi connectivity index (χ1v) is 8.85. The van der Waals surface area contributed by atoms with E-state index in [9.17, 15) is 0 Å². The molecule has 1 aromatic carbocycles. The molecule has 1 fully saturated rings. The summed E-state index contributed by atoms with van der Waals surface area (Å²) in [7, 11) is 0. The Kier molecular flexibility index (Phi) is 4.43. The Morgan fingerprint density at radius 2 is 1.90 bits per heavy atom. The number of benzene rings is 1. The maximum absolute atomic E-state index is 5.66. The van der Waals surface area contributed by atoms with Gasteiger partial charge < -0.3 is 10.1 Å². The van der Waals surface area contributed by atoms with Gasteiger partial charge in [0.05, 0.1) is 6.10 Å². The monoisotopic (exact) mass is 304 g/mol. The van der Waals surface area contributed by atoms with Crippen molar-refractivity contribution in [3.8, 4) is 5.75 Å². The lowest BCUT2D eigenvalue weighted by Gasteiger charge is -2.31. The van der Waals surface area contributed by atoms with Gasteiger partial charge in [-0.3, -0.25) is 4.99 Å². The zero-order valence-electron chi connectivity index (χ0n) is 12.9. The van der Waals surface area contributed by atoms with Crippen LogP contribution in [0.4, 0.5) is 5.69 Å². The van der Waals surface area contributed by atoms with E-state index >= 15 is 0 Å². The number of hydrogen-bond acceptors (Lipinski definition) is 4. The predicted octanol–water partition coefficient (Wildman–Crippen LogP) is 4.55. The van der Waals surface area contributed by atoms with Crippen LogP contribution < -0.4 is 10.1 Å². The van der Waals surface area contributed by atoms with Gasteiger partial charge in [0.15, 0.2) is 5.17 Å². The van der Waals surface area contributed by atoms with Crippen molar-refractivity contribution in [3.05, 3.63) is 24.3 Å². The lowest BCUT2D eigenvalue weighted by Crippen LogP contribution is -2.30. The van der Waals surface area contributed by atoms with E-state index in [4.69, 9.17) is 9.73 Å². The third kappa shape index (κ3) is 3.73. The molecule has 0 unspecified atom stereocenters. The molecule has 21 heavy (non-hydrogen) atoms. The lowest BCUT2D eigenvalue weighted by atomic mass is 9.89. The number of ether oxygens (including phenoxy) is 1. The van der Waals surface area contributed by atoms with Crippen LogP contribution >= 0.6 is 11.8 Å². The molecule has 1 aliphatic carbocycles. The van der Waals surface area contributed by atoms with Crippen LogP contribution in [0.3, 0.4) is 0 Å². The minimum atomic E-state index is 0.213. The molecule has 0 bridgehead atoms. The molecule has 1 N–H and O–H groups in total. The first kappa shape index (κ1) is 14.8. The fraction of sp³-hybridized carbons (Fsp3) is 0.588. The highest BCUT2D eigenvalue weighted by atomic mass is 32.2. The van der Waals surface area contributed by atoms with Crippen LogP contribution in [-0.2, 0) is 0 Å². The molecule has 2 aliphatic rings. The van der Waals surface area contributed by atoms with Crippen molar-refractivity contribution >= 4 is 22.6 Å². The molecule has 3 rings (SSSR count). The molecule has 0 aromatic heterocycles. The highest BCUT2D eigenvalue weighted by Crippen LogP contribution is 2.43. The highest BCUT2D eigenvalue weighted by Gasteiger charge is 2.36. The van der Waals surface area contributed by atoms with Crippen LogP contribution in [0.2, 0.25) is 0 Å². The molecule has 0 amide bonds. The number of aliphatic imine (C=N–C) groups is 1. The fourth-order valence-electron chi connectivity index (χ4n) is 3.07. The van der Waals surface area contributed by atoms with E-state index in [1.54, 1.807) is 0 Å². The molecule has 0 atom stereocenters. The number of nitrogens with zero attached hydrogens (tertiary/aromatic N) is 1. The molecule has 0 radical (unpaired) electrons. The lowest BCUT2D eigenvalue weighted by molar-refractivity contribution is 0.242. The van der Waals surface area contributed by atoms with Crippen molar-refractivity contribution in [2.24, 2.45) is 10.4 Å². The molecule has 1 aliphatic heterocycles. The van der Waals surface area contributed by atoms with Crippen molar-refractivity contribution < 1.29 is 4.74 Å². The van der Waals surface area contributed by atoms with E-state index in [0.29, 0.717) is 5.41 Å². The summed E-state index contributed by atoms with van der Waals surface area (Å²) in [6.45, 7) is 5.08. The minimum Gasteiger partial charge on any atom is -0.491 e. The number of anilines is 1. The first-order chi connectivity index (χ1) is 10.2. The molecule has 3 nitrogen and oxygen atoms in total. The molecule has 114 valence electrons. The molecular formula is C17H24N2OS. The summed E-state index contributed by atoms with van der Waals surface area (Å²) in [5.41, 5.74) is 1.59. The number of nitrogens with one attached hydrogen (secondary N) is 1. The molecule has 4 heteroatoms. The fourth-order valence-corrected chi connectivity index (χ4v) is 4.24. The summed E-state index contributed by atoms with van der Waals surface area (Å²) in [5, 5.41) is 4.49. The number of rotatable bonds is 3. The summed E-state index contributed by atoms with van der Waals surface area (Å²) in [6.07, 6.45) is 5.70. The van der Waals surface area contributed by atoms with Gasteiger partial charge in [-0.15, -0.1) is 0 Å². The SMILES string of the molecule is CC(C)Oc1ccc(NC2=NCC3(CCCC3)CS2)cc1. The second-order valence-electron chi connectivity index (χ2n) is 6.43. The van der Waals surface area contributed by atoms with E-state index < -0.39 is 0 Å². The summed E-state index contributed by atoms with van der Waals surface area (Å²) in [6, 6.07) is 8.13. The average Bonchev–Trinajstić information content (AvgIpc) is 2.92. The molecule has 1 saturated carbocycles. The highest BCUT2D eigenvalue weighted by molar-refractivity contribution is 8.14. The molecular weight excluding hydrogens is 280 g/mol. The van der Waals surface area contributed by atoms with Gasteiger partial charge in [0.25, 0.3) is 0 Å². The van der Waals surface area contributed by atoms with E-state index in [2.05, 4.69) is 17.4 Å². The standard InChI is InChI=1S/C17H24N2OS/c1-13(2)20-15-7-5-14(6-8-15)19-16-18-11-17(12-21-16)9-3-4-10-17/h5-8,13H,3-4,9-12H2,1-2H3,(H,18,19). The Morgan fingerprint density at radius 1 is 1.19 bits per heavy atom. The van der Waals surface area contributed by atoms with Crippen molar-refractivity contribution in [1.29, 1.82) is 0 Å². The predicted molar refractivity (Wildman–Crippen MR) is 91.5 cm³/mol. The van der Waals surface area contributed by atoms with Gasteiger partial charge in [0.2, 0.25) is 0 Å². The summed E-state index contributed by atoms with van der Waals surface area (Å²) < 4.78 is 5.66. The van der Waals surface area contributed by atoms with Crippen LogP contribution in [0.5, 0.6) is 5.75 Å². The van der Waals surface area contributed by atoms with E-state index in [0.717, 1.165) is 23.1 Å². The minimum absolute atomic E-state index is 0.213. The Labute approximate surface area is 131 Å². The van der Waals surface area contributed by atoms with Gasteiger partial charge in [0.1, 0.15) is 5.75 Å². The normalized spacial score (nSPS) is 20.6. The molecule has 1 heterocycles. The number of hydrogen-bond donors (Lipinski definition) is 1. The molecule has 0 saturated heterocycles. The largest absolute Gasteiger partial charge is 0.491 e. The van der Waals surface area contributed by atoms with Crippen LogP contribution in [0.1, 0.15) is 39.5 Å². The van der Waals surface area contributed by atoms with Gasteiger partial charge in [0, 0.05) is 18.0 Å². The second kappa shape index (κ2) is 6.30. The van der Waals surface area contributed by atoms with Crippen molar-refractivity contribution in [2.45, 2.75) is 45.6 Å². The number of thioether (sulfide) groups is 1.